The summed E-state index contributed by atoms with van der Waals surface area (Å²) in [4.78, 5) is 18.3. The summed E-state index contributed by atoms with van der Waals surface area (Å²) >= 11 is 0. The third-order valence-corrected chi connectivity index (χ3v) is 4.49. The standard InChI is InChI=1S/C19H17FN4O/c1-23(14-10-6-3-7-11-14)19(25)17-21-18-15(20)12-16(24(18)22-17)13-8-4-2-5-9-13/h2-11,15-16H,12H2,1H3. The molecule has 5 nitrogen and oxygen atoms in total. The number of para-hydroxylation sites is 1. The molecule has 0 radical (unpaired) electrons. The van der Waals surface area contributed by atoms with Crippen molar-refractivity contribution >= 4 is 11.6 Å². The highest BCUT2D eigenvalue weighted by Crippen LogP contribution is 2.39. The van der Waals surface area contributed by atoms with E-state index in [4.69, 9.17) is 0 Å². The number of carbonyl (C=O) groups excluding carboxylic acids is 1. The lowest BCUT2D eigenvalue weighted by atomic mass is 10.0. The van der Waals surface area contributed by atoms with Crippen LogP contribution in [-0.2, 0) is 0 Å². The number of carbonyl (C=O) groups is 1. The normalized spacial score (nSPS) is 18.8. The fraction of sp³-hybridized carbons (Fsp3) is 0.211. The van der Waals surface area contributed by atoms with Crippen molar-refractivity contribution in [2.75, 3.05) is 11.9 Å². The number of nitrogens with zero attached hydrogens (tertiary/aromatic N) is 4. The summed E-state index contributed by atoms with van der Waals surface area (Å²) in [7, 11) is 1.66. The lowest BCUT2D eigenvalue weighted by Gasteiger charge is -2.15. The van der Waals surface area contributed by atoms with Gasteiger partial charge in [0, 0.05) is 19.2 Å². The van der Waals surface area contributed by atoms with Crippen LogP contribution in [0.5, 0.6) is 0 Å². The van der Waals surface area contributed by atoms with Crippen LogP contribution in [0.3, 0.4) is 0 Å². The van der Waals surface area contributed by atoms with E-state index in [-0.39, 0.29) is 23.6 Å². The molecule has 25 heavy (non-hydrogen) atoms. The monoisotopic (exact) mass is 336 g/mol. The number of alkyl halides is 1. The smallest absolute Gasteiger partial charge is 0.297 e. The van der Waals surface area contributed by atoms with Crippen molar-refractivity contribution in [3.63, 3.8) is 0 Å². The predicted molar refractivity (Wildman–Crippen MR) is 92.2 cm³/mol. The second-order valence-corrected chi connectivity index (χ2v) is 6.07. The molecule has 126 valence electrons. The average Bonchev–Trinajstić information content (AvgIpc) is 3.23. The Morgan fingerprint density at radius 3 is 2.44 bits per heavy atom. The van der Waals surface area contributed by atoms with Gasteiger partial charge < -0.3 is 4.90 Å². The van der Waals surface area contributed by atoms with Gasteiger partial charge in [0.1, 0.15) is 0 Å². The first-order valence-electron chi connectivity index (χ1n) is 8.13. The minimum absolute atomic E-state index is 0.0182. The number of benzene rings is 2. The highest BCUT2D eigenvalue weighted by Gasteiger charge is 2.36. The molecule has 2 aromatic carbocycles. The highest BCUT2D eigenvalue weighted by atomic mass is 19.1. The lowest BCUT2D eigenvalue weighted by Crippen LogP contribution is -2.27. The Morgan fingerprint density at radius 2 is 1.76 bits per heavy atom. The zero-order valence-electron chi connectivity index (χ0n) is 13.7. The summed E-state index contributed by atoms with van der Waals surface area (Å²) in [5.41, 5.74) is 1.70. The van der Waals surface area contributed by atoms with Gasteiger partial charge in [-0.15, -0.1) is 5.10 Å². The molecule has 0 aliphatic carbocycles. The van der Waals surface area contributed by atoms with Crippen LogP contribution < -0.4 is 4.90 Å². The summed E-state index contributed by atoms with van der Waals surface area (Å²) < 4.78 is 16.0. The van der Waals surface area contributed by atoms with Crippen molar-refractivity contribution in [2.24, 2.45) is 0 Å². The molecule has 6 heteroatoms. The number of rotatable bonds is 3. The number of hydrogen-bond donors (Lipinski definition) is 0. The molecule has 0 saturated carbocycles. The molecule has 0 N–H and O–H groups in total. The van der Waals surface area contributed by atoms with Crippen molar-refractivity contribution in [1.29, 1.82) is 0 Å². The molecule has 2 unspecified atom stereocenters. The maximum absolute atomic E-state index is 14.4. The molecule has 2 atom stereocenters. The van der Waals surface area contributed by atoms with Crippen LogP contribution in [-0.4, -0.2) is 27.7 Å². The van der Waals surface area contributed by atoms with E-state index in [0.717, 1.165) is 11.3 Å². The summed E-state index contributed by atoms with van der Waals surface area (Å²) in [6.45, 7) is 0. The van der Waals surface area contributed by atoms with Crippen LogP contribution in [0, 0.1) is 0 Å². The van der Waals surface area contributed by atoms with E-state index >= 15 is 0 Å². The first kappa shape index (κ1) is 15.5. The van der Waals surface area contributed by atoms with E-state index < -0.39 is 6.17 Å². The largest absolute Gasteiger partial charge is 0.309 e. The lowest BCUT2D eigenvalue weighted by molar-refractivity contribution is 0.0982. The molecular weight excluding hydrogens is 319 g/mol. The third-order valence-electron chi connectivity index (χ3n) is 4.49. The van der Waals surface area contributed by atoms with Crippen molar-refractivity contribution < 1.29 is 9.18 Å². The number of halogens is 1. The fourth-order valence-corrected chi connectivity index (χ4v) is 3.14. The number of amides is 1. The van der Waals surface area contributed by atoms with Gasteiger partial charge in [-0.2, -0.15) is 0 Å². The molecular formula is C19H17FN4O. The Balaban J connectivity index is 1.66. The van der Waals surface area contributed by atoms with Crippen molar-refractivity contribution in [1.82, 2.24) is 14.8 Å². The van der Waals surface area contributed by atoms with E-state index in [9.17, 15) is 9.18 Å². The average molecular weight is 336 g/mol. The Kier molecular flexibility index (Phi) is 3.80. The molecule has 2 heterocycles. The quantitative estimate of drug-likeness (QED) is 0.735. The molecule has 0 bridgehead atoms. The summed E-state index contributed by atoms with van der Waals surface area (Å²) in [5, 5.41) is 4.32. The number of fused-ring (bicyclic) bond motifs is 1. The summed E-state index contributed by atoms with van der Waals surface area (Å²) in [5.74, 6) is -0.115. The number of aromatic nitrogens is 3. The molecule has 1 aliphatic heterocycles. The van der Waals surface area contributed by atoms with Gasteiger partial charge in [0.25, 0.3) is 5.91 Å². The van der Waals surface area contributed by atoms with Crippen LogP contribution in [0.4, 0.5) is 10.1 Å². The van der Waals surface area contributed by atoms with Gasteiger partial charge in [0.15, 0.2) is 12.0 Å². The van der Waals surface area contributed by atoms with Gasteiger partial charge in [-0.05, 0) is 17.7 Å². The summed E-state index contributed by atoms with van der Waals surface area (Å²) in [6.07, 6.45) is -0.927. The third kappa shape index (κ3) is 2.69. The van der Waals surface area contributed by atoms with Gasteiger partial charge in [-0.3, -0.25) is 4.79 Å². The Hall–Kier alpha value is -3.02. The van der Waals surface area contributed by atoms with E-state index in [1.807, 2.05) is 60.7 Å². The molecule has 0 saturated heterocycles. The van der Waals surface area contributed by atoms with E-state index in [1.54, 1.807) is 11.7 Å². The minimum atomic E-state index is -1.22. The van der Waals surface area contributed by atoms with Crippen LogP contribution in [0.15, 0.2) is 60.7 Å². The molecule has 1 aromatic heterocycles. The number of hydrogen-bond acceptors (Lipinski definition) is 3. The van der Waals surface area contributed by atoms with Crippen LogP contribution in [0.1, 0.15) is 40.6 Å². The van der Waals surface area contributed by atoms with Gasteiger partial charge in [0.2, 0.25) is 5.82 Å². The zero-order valence-corrected chi connectivity index (χ0v) is 13.7. The topological polar surface area (TPSA) is 51.0 Å². The Labute approximate surface area is 144 Å². The van der Waals surface area contributed by atoms with Crippen molar-refractivity contribution in [3.8, 4) is 0 Å². The SMILES string of the molecule is CN(C(=O)c1nc2n(n1)C(c1ccccc1)CC2F)c1ccccc1. The van der Waals surface area contributed by atoms with Crippen LogP contribution in [0.25, 0.3) is 0 Å². The molecule has 0 spiro atoms. The van der Waals surface area contributed by atoms with Gasteiger partial charge in [-0.25, -0.2) is 14.1 Å². The first-order valence-corrected chi connectivity index (χ1v) is 8.13. The van der Waals surface area contributed by atoms with E-state index in [0.29, 0.717) is 6.42 Å². The number of anilines is 1. The van der Waals surface area contributed by atoms with Gasteiger partial charge in [-0.1, -0.05) is 48.5 Å². The predicted octanol–water partition coefficient (Wildman–Crippen LogP) is 3.56. The van der Waals surface area contributed by atoms with Crippen molar-refractivity contribution in [2.45, 2.75) is 18.6 Å². The molecule has 0 fully saturated rings. The first-order chi connectivity index (χ1) is 12.1. The maximum Gasteiger partial charge on any atom is 0.297 e. The second-order valence-electron chi connectivity index (χ2n) is 6.07. The van der Waals surface area contributed by atoms with E-state index in [2.05, 4.69) is 10.1 Å². The highest BCUT2D eigenvalue weighted by molar-refractivity contribution is 6.03. The molecule has 3 aromatic rings. The Bertz CT molecular complexity index is 894. The second kappa shape index (κ2) is 6.12. The van der Waals surface area contributed by atoms with E-state index in [1.165, 1.54) is 4.90 Å². The molecule has 4 rings (SSSR count). The minimum Gasteiger partial charge on any atom is -0.309 e. The maximum atomic E-state index is 14.4. The Morgan fingerprint density at radius 1 is 1.12 bits per heavy atom. The summed E-state index contributed by atoms with van der Waals surface area (Å²) in [6, 6.07) is 18.6. The van der Waals surface area contributed by atoms with Gasteiger partial charge >= 0.3 is 0 Å². The van der Waals surface area contributed by atoms with Crippen molar-refractivity contribution in [3.05, 3.63) is 77.9 Å². The van der Waals surface area contributed by atoms with Crippen LogP contribution in [0.2, 0.25) is 0 Å². The molecule has 1 amide bonds. The zero-order chi connectivity index (χ0) is 17.4. The fourth-order valence-electron chi connectivity index (χ4n) is 3.14. The van der Waals surface area contributed by atoms with Gasteiger partial charge in [0.05, 0.1) is 6.04 Å². The molecule has 1 aliphatic rings. The van der Waals surface area contributed by atoms with Crippen LogP contribution >= 0.6 is 0 Å².